The number of para-hydroxylation sites is 1. The molecule has 0 saturated carbocycles. The molecule has 0 unspecified atom stereocenters. The van der Waals surface area contributed by atoms with Crippen molar-refractivity contribution in [1.82, 2.24) is 14.4 Å². The Bertz CT molecular complexity index is 1470. The Labute approximate surface area is 172 Å². The summed E-state index contributed by atoms with van der Waals surface area (Å²) >= 11 is 0. The lowest BCUT2D eigenvalue weighted by molar-refractivity contribution is 0.403. The van der Waals surface area contributed by atoms with Crippen LogP contribution in [-0.4, -0.2) is 14.4 Å². The quantitative estimate of drug-likeness (QED) is 0.361. The maximum Gasteiger partial charge on any atom is 0.148 e. The minimum atomic E-state index is -0.357. The van der Waals surface area contributed by atoms with Gasteiger partial charge in [-0.1, -0.05) is 60.6 Å². The molecule has 0 aliphatic heterocycles. The molecule has 0 N–H and O–H groups in total. The molecule has 2 aromatic carbocycles. The van der Waals surface area contributed by atoms with Crippen LogP contribution in [0.15, 0.2) is 36.3 Å². The second-order valence-electron chi connectivity index (χ2n) is 10.5. The molecule has 1 aliphatic carbocycles. The van der Waals surface area contributed by atoms with E-state index in [4.69, 9.17) is 15.5 Å². The van der Waals surface area contributed by atoms with E-state index in [1.54, 1.807) is 0 Å². The summed E-state index contributed by atoms with van der Waals surface area (Å²) in [6.07, 6.45) is 1.06. The molecule has 0 radical (unpaired) electrons. The maximum atomic E-state index is 8.58. The van der Waals surface area contributed by atoms with Crippen LogP contribution in [0.25, 0.3) is 27.6 Å². The summed E-state index contributed by atoms with van der Waals surface area (Å²) in [6, 6.07) is 3.67. The first kappa shape index (κ1) is 13.7. The second-order valence-corrected chi connectivity index (χ2v) is 10.5. The standard InChI is InChI=1S/C25H29N3/c1-23(2,3)22-27-18-11-9-8-10-15(18)21-26-19-12-16-17(13-20(19)28(21)22)25(6,7)14-24(16,4)5/h8-13H,14H2,1-7H3/i8D,9D,10D,11D. The summed E-state index contributed by atoms with van der Waals surface area (Å²) in [7, 11) is 0. The highest BCUT2D eigenvalue weighted by molar-refractivity contribution is 5.97. The fourth-order valence-electron chi connectivity index (χ4n) is 5.13. The van der Waals surface area contributed by atoms with Crippen molar-refractivity contribution in [1.29, 1.82) is 0 Å². The third kappa shape index (κ3) is 2.28. The van der Waals surface area contributed by atoms with Gasteiger partial charge in [0.25, 0.3) is 0 Å². The molecule has 0 fully saturated rings. The average molecular weight is 376 g/mol. The van der Waals surface area contributed by atoms with E-state index in [1.807, 2.05) is 4.40 Å². The van der Waals surface area contributed by atoms with Crippen molar-refractivity contribution in [2.75, 3.05) is 0 Å². The normalized spacial score (nSPS) is 20.2. The van der Waals surface area contributed by atoms with E-state index in [0.717, 1.165) is 23.3 Å². The van der Waals surface area contributed by atoms with Crippen molar-refractivity contribution in [2.45, 2.75) is 71.1 Å². The Balaban J connectivity index is 2.06. The highest BCUT2D eigenvalue weighted by Gasteiger charge is 2.42. The molecular formula is C25H29N3. The molecule has 0 atom stereocenters. The molecule has 144 valence electrons. The van der Waals surface area contributed by atoms with Gasteiger partial charge >= 0.3 is 0 Å². The van der Waals surface area contributed by atoms with E-state index >= 15 is 0 Å². The van der Waals surface area contributed by atoms with Gasteiger partial charge in [-0.25, -0.2) is 9.97 Å². The number of hydrogen-bond donors (Lipinski definition) is 0. The topological polar surface area (TPSA) is 30.2 Å². The van der Waals surface area contributed by atoms with Gasteiger partial charge in [-0.15, -0.1) is 0 Å². The molecule has 5 rings (SSSR count). The van der Waals surface area contributed by atoms with Crippen LogP contribution in [0.3, 0.4) is 0 Å². The number of aromatic nitrogens is 3. The van der Waals surface area contributed by atoms with Crippen LogP contribution in [0.4, 0.5) is 0 Å². The van der Waals surface area contributed by atoms with E-state index < -0.39 is 0 Å². The van der Waals surface area contributed by atoms with E-state index in [0.29, 0.717) is 11.0 Å². The number of imidazole rings is 1. The van der Waals surface area contributed by atoms with Gasteiger partial charge in [-0.3, -0.25) is 4.40 Å². The van der Waals surface area contributed by atoms with Crippen molar-refractivity contribution in [2.24, 2.45) is 0 Å². The molecule has 0 bridgehead atoms. The molecule has 28 heavy (non-hydrogen) atoms. The molecule has 2 heterocycles. The molecular weight excluding hydrogens is 342 g/mol. The minimum Gasteiger partial charge on any atom is -0.279 e. The molecule has 4 aromatic rings. The zero-order valence-electron chi connectivity index (χ0n) is 21.7. The predicted octanol–water partition coefficient (Wildman–Crippen LogP) is 6.29. The zero-order valence-corrected chi connectivity index (χ0v) is 17.7. The number of nitrogens with zero attached hydrogens (tertiary/aromatic N) is 3. The molecule has 3 heteroatoms. The van der Waals surface area contributed by atoms with Gasteiger partial charge in [-0.05, 0) is 52.6 Å². The Morgan fingerprint density at radius 1 is 0.929 bits per heavy atom. The summed E-state index contributed by atoms with van der Waals surface area (Å²) in [5.74, 6) is 0.738. The van der Waals surface area contributed by atoms with E-state index in [9.17, 15) is 0 Å². The third-order valence-electron chi connectivity index (χ3n) is 6.13. The van der Waals surface area contributed by atoms with E-state index in [2.05, 4.69) is 60.6 Å². The summed E-state index contributed by atoms with van der Waals surface area (Å²) in [5.41, 5.74) is 4.92. The van der Waals surface area contributed by atoms with Crippen molar-refractivity contribution < 1.29 is 5.48 Å². The molecule has 0 amide bonds. The number of fused-ring (bicyclic) bond motifs is 6. The monoisotopic (exact) mass is 375 g/mol. The van der Waals surface area contributed by atoms with Gasteiger partial charge in [0, 0.05) is 10.8 Å². The van der Waals surface area contributed by atoms with Crippen LogP contribution in [0.1, 0.15) is 77.3 Å². The van der Waals surface area contributed by atoms with Crippen LogP contribution >= 0.6 is 0 Å². The lowest BCUT2D eigenvalue weighted by atomic mass is 9.82. The van der Waals surface area contributed by atoms with E-state index in [-0.39, 0.29) is 45.9 Å². The fourth-order valence-corrected chi connectivity index (χ4v) is 5.13. The summed E-state index contributed by atoms with van der Waals surface area (Å²) < 4.78 is 35.4. The Kier molecular flexibility index (Phi) is 2.51. The van der Waals surface area contributed by atoms with Crippen LogP contribution in [0.5, 0.6) is 0 Å². The second kappa shape index (κ2) is 5.14. The minimum absolute atomic E-state index is 0.0345. The van der Waals surface area contributed by atoms with Crippen molar-refractivity contribution >= 4 is 27.6 Å². The third-order valence-corrected chi connectivity index (χ3v) is 6.13. The number of hydrogen-bond acceptors (Lipinski definition) is 2. The lowest BCUT2D eigenvalue weighted by Gasteiger charge is -2.22. The number of benzene rings is 2. The summed E-state index contributed by atoms with van der Waals surface area (Å²) in [4.78, 5) is 9.79. The van der Waals surface area contributed by atoms with Gasteiger partial charge < -0.3 is 0 Å². The van der Waals surface area contributed by atoms with Crippen molar-refractivity contribution in [3.63, 3.8) is 0 Å². The lowest BCUT2D eigenvalue weighted by Crippen LogP contribution is -2.19. The van der Waals surface area contributed by atoms with Crippen LogP contribution in [-0.2, 0) is 16.2 Å². The maximum absolute atomic E-state index is 8.58. The van der Waals surface area contributed by atoms with E-state index in [1.165, 1.54) is 11.1 Å². The first-order valence-corrected chi connectivity index (χ1v) is 9.93. The highest BCUT2D eigenvalue weighted by atomic mass is 15.1. The molecule has 0 saturated heterocycles. The predicted molar refractivity (Wildman–Crippen MR) is 117 cm³/mol. The molecule has 2 aromatic heterocycles. The summed E-state index contributed by atoms with van der Waals surface area (Å²) in [6.45, 7) is 15.3. The van der Waals surface area contributed by atoms with Gasteiger partial charge in [0.1, 0.15) is 11.5 Å². The molecule has 1 aliphatic rings. The molecule has 0 spiro atoms. The van der Waals surface area contributed by atoms with Gasteiger partial charge in [-0.2, -0.15) is 0 Å². The Morgan fingerprint density at radius 2 is 1.57 bits per heavy atom. The van der Waals surface area contributed by atoms with Crippen molar-refractivity contribution in [3.05, 3.63) is 53.3 Å². The Morgan fingerprint density at radius 3 is 2.25 bits per heavy atom. The van der Waals surface area contributed by atoms with Crippen LogP contribution in [0.2, 0.25) is 0 Å². The molecule has 3 nitrogen and oxygen atoms in total. The smallest absolute Gasteiger partial charge is 0.148 e. The van der Waals surface area contributed by atoms with Crippen LogP contribution in [0, 0.1) is 0 Å². The fraction of sp³-hybridized carbons (Fsp3) is 0.440. The largest absolute Gasteiger partial charge is 0.279 e. The van der Waals surface area contributed by atoms with Crippen LogP contribution < -0.4 is 0 Å². The first-order valence-electron chi connectivity index (χ1n) is 11.9. The Hall–Kier alpha value is -2.42. The summed E-state index contributed by atoms with van der Waals surface area (Å²) in [5, 5.41) is 0.374. The van der Waals surface area contributed by atoms with Gasteiger partial charge in [0.15, 0.2) is 0 Å². The van der Waals surface area contributed by atoms with Crippen molar-refractivity contribution in [3.8, 4) is 0 Å². The van der Waals surface area contributed by atoms with Gasteiger partial charge in [0.05, 0.1) is 22.0 Å². The average Bonchev–Trinajstić information content (AvgIpc) is 3.13. The van der Waals surface area contributed by atoms with Gasteiger partial charge in [0.2, 0.25) is 0 Å². The number of rotatable bonds is 0. The first-order chi connectivity index (χ1) is 14.6. The SMILES string of the molecule is [2H]c1c([2H])c([2H])c2c(nc(C(C)(C)C)n3c4cc5c(cc4nc23)C(C)(C)CC5(C)C)c1[2H]. The highest BCUT2D eigenvalue weighted by Crippen LogP contribution is 2.50. The zero-order chi connectivity index (χ0) is 23.5.